The van der Waals surface area contributed by atoms with Gasteiger partial charge in [-0.15, -0.1) is 0 Å². The fourth-order valence-corrected chi connectivity index (χ4v) is 7.52. The molecule has 6 nitrogen and oxygen atoms in total. The topological polar surface area (TPSA) is 74.8 Å². The molecular formula is C30H28N2O4S2. The Balaban J connectivity index is 1.88. The molecule has 0 fully saturated rings. The number of rotatable bonds is 3. The molecule has 6 rings (SSSR count). The van der Waals surface area contributed by atoms with Crippen molar-refractivity contribution in [2.45, 2.75) is 12.8 Å². The molecule has 0 saturated carbocycles. The third-order valence-corrected chi connectivity index (χ3v) is 9.57. The van der Waals surface area contributed by atoms with Crippen molar-refractivity contribution in [2.75, 3.05) is 34.2 Å². The van der Waals surface area contributed by atoms with E-state index in [4.69, 9.17) is 0 Å². The standard InChI is InChI=1S/C30H28N2O4S2/c1-37(33,34)31-17-9-7-13-23-19-21-11-3-5-15-25(21)27(29(23)31)28-26-16-6-4-12-22(26)20-24-14-8-10-18-32(30(24)28)38(2,35)36/h3-12,15-16,19-20H,13-14,17-18H2,1-2H3. The minimum atomic E-state index is -3.65. The summed E-state index contributed by atoms with van der Waals surface area (Å²) in [6.07, 6.45) is 11.4. The zero-order valence-corrected chi connectivity index (χ0v) is 22.9. The Morgan fingerprint density at radius 2 is 0.974 bits per heavy atom. The molecule has 2 aliphatic rings. The van der Waals surface area contributed by atoms with E-state index >= 15 is 0 Å². The lowest BCUT2D eigenvalue weighted by atomic mass is 9.86. The number of hydrogen-bond acceptors (Lipinski definition) is 4. The highest BCUT2D eigenvalue weighted by Crippen LogP contribution is 2.50. The summed E-state index contributed by atoms with van der Waals surface area (Å²) in [5, 5.41) is 3.71. The zero-order chi connectivity index (χ0) is 26.7. The van der Waals surface area contributed by atoms with Crippen LogP contribution in [0.4, 0.5) is 11.4 Å². The van der Waals surface area contributed by atoms with Crippen molar-refractivity contribution in [2.24, 2.45) is 0 Å². The maximum absolute atomic E-state index is 13.2. The van der Waals surface area contributed by atoms with E-state index in [1.165, 1.54) is 21.1 Å². The average Bonchev–Trinajstić information content (AvgIpc) is 3.22. The van der Waals surface area contributed by atoms with Gasteiger partial charge in [-0.25, -0.2) is 16.8 Å². The molecule has 0 saturated heterocycles. The van der Waals surface area contributed by atoms with Crippen LogP contribution in [0.3, 0.4) is 0 Å². The van der Waals surface area contributed by atoms with Crippen molar-refractivity contribution in [3.63, 3.8) is 0 Å². The third kappa shape index (κ3) is 4.08. The second kappa shape index (κ2) is 8.99. The molecule has 0 aliphatic carbocycles. The van der Waals surface area contributed by atoms with Crippen molar-refractivity contribution in [3.05, 3.63) is 96.1 Å². The zero-order valence-electron chi connectivity index (χ0n) is 21.3. The Morgan fingerprint density at radius 3 is 1.37 bits per heavy atom. The van der Waals surface area contributed by atoms with Gasteiger partial charge in [-0.05, 0) is 57.6 Å². The van der Waals surface area contributed by atoms with E-state index in [9.17, 15) is 16.8 Å². The van der Waals surface area contributed by atoms with Gasteiger partial charge < -0.3 is 0 Å². The molecule has 38 heavy (non-hydrogen) atoms. The molecule has 0 N–H and O–H groups in total. The van der Waals surface area contributed by atoms with Crippen molar-refractivity contribution < 1.29 is 16.8 Å². The Labute approximate surface area is 223 Å². The van der Waals surface area contributed by atoms with E-state index in [0.29, 0.717) is 24.2 Å². The number of anilines is 2. The summed E-state index contributed by atoms with van der Waals surface area (Å²) in [6, 6.07) is 20.0. The first-order valence-electron chi connectivity index (χ1n) is 12.5. The molecule has 0 radical (unpaired) electrons. The molecule has 0 amide bonds. The lowest BCUT2D eigenvalue weighted by Crippen LogP contribution is -2.32. The van der Waals surface area contributed by atoms with Crippen LogP contribution in [0.2, 0.25) is 0 Å². The van der Waals surface area contributed by atoms with Crippen LogP contribution in [0.1, 0.15) is 11.1 Å². The first-order valence-corrected chi connectivity index (χ1v) is 16.2. The molecule has 0 atom stereocenters. The van der Waals surface area contributed by atoms with Gasteiger partial charge in [0.2, 0.25) is 20.0 Å². The van der Waals surface area contributed by atoms with Gasteiger partial charge in [0.1, 0.15) is 0 Å². The van der Waals surface area contributed by atoms with Gasteiger partial charge in [0.15, 0.2) is 0 Å². The number of hydrogen-bond donors (Lipinski definition) is 0. The first kappa shape index (κ1) is 24.7. The monoisotopic (exact) mass is 544 g/mol. The van der Waals surface area contributed by atoms with Crippen molar-refractivity contribution >= 4 is 53.0 Å². The van der Waals surface area contributed by atoms with E-state index in [0.717, 1.165) is 43.8 Å². The molecule has 8 heteroatoms. The largest absolute Gasteiger partial charge is 0.266 e. The molecule has 2 heterocycles. The summed E-state index contributed by atoms with van der Waals surface area (Å²) in [6.45, 7) is 0.420. The van der Waals surface area contributed by atoms with Crippen LogP contribution in [0.25, 0.3) is 32.7 Å². The first-order chi connectivity index (χ1) is 18.1. The van der Waals surface area contributed by atoms with Gasteiger partial charge in [0.05, 0.1) is 37.0 Å². The number of fused-ring (bicyclic) bond motifs is 4. The van der Waals surface area contributed by atoms with Crippen LogP contribution in [-0.4, -0.2) is 42.4 Å². The fourth-order valence-electron chi connectivity index (χ4n) is 5.72. The normalized spacial score (nSPS) is 15.8. The summed E-state index contributed by atoms with van der Waals surface area (Å²) >= 11 is 0. The highest BCUT2D eigenvalue weighted by molar-refractivity contribution is 7.92. The molecule has 0 unspecified atom stereocenters. The van der Waals surface area contributed by atoms with Crippen molar-refractivity contribution in [1.29, 1.82) is 0 Å². The Hall–Kier alpha value is -3.62. The molecule has 2 aliphatic heterocycles. The Kier molecular flexibility index (Phi) is 5.85. The highest BCUT2D eigenvalue weighted by Gasteiger charge is 2.32. The summed E-state index contributed by atoms with van der Waals surface area (Å²) in [5.74, 6) is 0. The van der Waals surface area contributed by atoms with E-state index in [2.05, 4.69) is 12.1 Å². The molecule has 4 aromatic rings. The lowest BCUT2D eigenvalue weighted by molar-refractivity contribution is 0.597. The molecular weight excluding hydrogens is 516 g/mol. The SMILES string of the molecule is CS(=O)(=O)N1CC=CCc2cc3ccccc3c(-c3c4c(cc5ccccc35)CC=CCN4S(C)(=O)=O)c21. The predicted octanol–water partition coefficient (Wildman–Crippen LogP) is 5.42. The number of sulfonamides is 2. The van der Waals surface area contributed by atoms with Crippen molar-refractivity contribution in [1.82, 2.24) is 0 Å². The minimum Gasteiger partial charge on any atom is -0.266 e. The van der Waals surface area contributed by atoms with Gasteiger partial charge in [0, 0.05) is 11.1 Å². The quantitative estimate of drug-likeness (QED) is 0.323. The second-order valence-corrected chi connectivity index (χ2v) is 13.7. The van der Waals surface area contributed by atoms with E-state index < -0.39 is 20.0 Å². The smallest absolute Gasteiger partial charge is 0.232 e. The van der Waals surface area contributed by atoms with E-state index in [1.54, 1.807) is 0 Å². The summed E-state index contributed by atoms with van der Waals surface area (Å²) < 4.78 is 55.8. The van der Waals surface area contributed by atoms with Gasteiger partial charge in [-0.2, -0.15) is 0 Å². The summed E-state index contributed by atoms with van der Waals surface area (Å²) in [4.78, 5) is 0. The maximum Gasteiger partial charge on any atom is 0.232 e. The van der Waals surface area contributed by atoms with Crippen LogP contribution >= 0.6 is 0 Å². The highest BCUT2D eigenvalue weighted by atomic mass is 32.2. The van der Waals surface area contributed by atoms with Crippen molar-refractivity contribution in [3.8, 4) is 11.1 Å². The molecule has 0 aromatic heterocycles. The molecule has 4 aromatic carbocycles. The van der Waals surface area contributed by atoms with E-state index in [-0.39, 0.29) is 13.1 Å². The average molecular weight is 545 g/mol. The van der Waals surface area contributed by atoms with E-state index in [1.807, 2.05) is 72.8 Å². The summed E-state index contributed by atoms with van der Waals surface area (Å²) in [7, 11) is -7.30. The number of allylic oxidation sites excluding steroid dienone is 2. The summed E-state index contributed by atoms with van der Waals surface area (Å²) in [5.41, 5.74) is 4.49. The lowest BCUT2D eigenvalue weighted by Gasteiger charge is -2.31. The third-order valence-electron chi connectivity index (χ3n) is 7.30. The van der Waals surface area contributed by atoms with Gasteiger partial charge in [-0.3, -0.25) is 8.61 Å². The van der Waals surface area contributed by atoms with Gasteiger partial charge in [0.25, 0.3) is 0 Å². The predicted molar refractivity (Wildman–Crippen MR) is 157 cm³/mol. The van der Waals surface area contributed by atoms with Crippen LogP contribution in [0.5, 0.6) is 0 Å². The minimum absolute atomic E-state index is 0.210. The molecule has 0 bridgehead atoms. The van der Waals surface area contributed by atoms with Gasteiger partial charge in [-0.1, -0.05) is 72.8 Å². The van der Waals surface area contributed by atoms with Gasteiger partial charge >= 0.3 is 0 Å². The Bertz CT molecular complexity index is 1750. The van der Waals surface area contributed by atoms with Crippen LogP contribution in [0, 0.1) is 0 Å². The molecule has 0 spiro atoms. The van der Waals surface area contributed by atoms with Crippen LogP contribution in [-0.2, 0) is 32.9 Å². The second-order valence-electron chi connectivity index (χ2n) is 9.90. The molecule has 194 valence electrons. The maximum atomic E-state index is 13.2. The number of benzene rings is 4. The van der Waals surface area contributed by atoms with Crippen LogP contribution in [0.15, 0.2) is 85.0 Å². The number of nitrogens with zero attached hydrogens (tertiary/aromatic N) is 2. The Morgan fingerprint density at radius 1 is 0.579 bits per heavy atom. The van der Waals surface area contributed by atoms with Crippen LogP contribution < -0.4 is 8.61 Å². The fraction of sp³-hybridized carbons (Fsp3) is 0.200.